The summed E-state index contributed by atoms with van der Waals surface area (Å²) >= 11 is 0. The van der Waals surface area contributed by atoms with E-state index in [-0.39, 0.29) is 5.82 Å². The van der Waals surface area contributed by atoms with Gasteiger partial charge in [0.15, 0.2) is 0 Å². The predicted molar refractivity (Wildman–Crippen MR) is 114 cm³/mol. The van der Waals surface area contributed by atoms with Crippen molar-refractivity contribution in [3.05, 3.63) is 72.2 Å². The second kappa shape index (κ2) is 8.40. The lowest BCUT2D eigenvalue weighted by molar-refractivity contribution is 0.102. The number of nitrogens with two attached hydrogens (primary N) is 1. The number of hydrogen-bond acceptors (Lipinski definition) is 5. The van der Waals surface area contributed by atoms with Gasteiger partial charge in [-0.1, -0.05) is 18.2 Å². The highest BCUT2D eigenvalue weighted by atomic mass is 32.2. The summed E-state index contributed by atoms with van der Waals surface area (Å²) in [6, 6.07) is 14.3. The van der Waals surface area contributed by atoms with Crippen LogP contribution in [0.3, 0.4) is 0 Å². The first kappa shape index (κ1) is 20.5. The third-order valence-electron chi connectivity index (χ3n) is 4.24. The maximum absolute atomic E-state index is 13.1. The van der Waals surface area contributed by atoms with Crippen molar-refractivity contribution in [1.82, 2.24) is 4.98 Å². The van der Waals surface area contributed by atoms with Crippen molar-refractivity contribution in [3.63, 3.8) is 0 Å². The molecule has 1 atom stereocenters. The standard InChI is InChI=1S/C21H21FN4O2S/c1-3-25-29(2,28)20-11-7-16(13-24-20)21(27)26-19-12-15(6-10-18(19)23)14-4-8-17(22)9-5-14/h4-13H,3,23H2,1-2H3,(H,26,27). The van der Waals surface area contributed by atoms with E-state index in [4.69, 9.17) is 5.73 Å². The van der Waals surface area contributed by atoms with E-state index < -0.39 is 15.6 Å². The molecule has 0 saturated heterocycles. The number of carbonyl (C=O) groups is 1. The lowest BCUT2D eigenvalue weighted by Crippen LogP contribution is -2.14. The van der Waals surface area contributed by atoms with Gasteiger partial charge in [-0.2, -0.15) is 0 Å². The molecule has 0 aliphatic rings. The Hall–Kier alpha value is -3.26. The number of benzene rings is 2. The Morgan fingerprint density at radius 3 is 2.45 bits per heavy atom. The van der Waals surface area contributed by atoms with E-state index in [1.165, 1.54) is 30.7 Å². The molecule has 3 aromatic rings. The van der Waals surface area contributed by atoms with Crippen molar-refractivity contribution < 1.29 is 13.4 Å². The van der Waals surface area contributed by atoms with E-state index in [0.717, 1.165) is 11.1 Å². The van der Waals surface area contributed by atoms with Gasteiger partial charge < -0.3 is 11.1 Å². The molecule has 2 aromatic carbocycles. The Bertz CT molecular complexity index is 1150. The van der Waals surface area contributed by atoms with E-state index >= 15 is 0 Å². The Morgan fingerprint density at radius 2 is 1.83 bits per heavy atom. The van der Waals surface area contributed by atoms with Gasteiger partial charge in [-0.15, -0.1) is 0 Å². The monoisotopic (exact) mass is 412 g/mol. The van der Waals surface area contributed by atoms with E-state index in [2.05, 4.69) is 14.7 Å². The summed E-state index contributed by atoms with van der Waals surface area (Å²) in [6.07, 6.45) is 2.87. The van der Waals surface area contributed by atoms with E-state index in [9.17, 15) is 13.4 Å². The molecule has 1 heterocycles. The molecule has 8 heteroatoms. The number of carbonyl (C=O) groups excluding carboxylic acids is 1. The van der Waals surface area contributed by atoms with Gasteiger partial charge >= 0.3 is 0 Å². The molecular weight excluding hydrogens is 391 g/mol. The average molecular weight is 412 g/mol. The third-order valence-corrected chi connectivity index (χ3v) is 6.01. The minimum Gasteiger partial charge on any atom is -0.397 e. The third kappa shape index (κ3) is 4.78. The number of halogens is 1. The minimum atomic E-state index is -2.57. The number of hydrogen-bond donors (Lipinski definition) is 2. The molecule has 3 rings (SSSR count). The van der Waals surface area contributed by atoms with Gasteiger partial charge in [0.2, 0.25) is 0 Å². The maximum Gasteiger partial charge on any atom is 0.257 e. The first-order valence-electron chi connectivity index (χ1n) is 8.91. The zero-order chi connectivity index (χ0) is 21.0. The van der Waals surface area contributed by atoms with Crippen LogP contribution in [0.5, 0.6) is 0 Å². The van der Waals surface area contributed by atoms with Gasteiger partial charge in [0.25, 0.3) is 5.91 Å². The van der Waals surface area contributed by atoms with Crippen molar-refractivity contribution in [2.45, 2.75) is 11.9 Å². The molecule has 0 aliphatic heterocycles. The lowest BCUT2D eigenvalue weighted by Gasteiger charge is -2.11. The summed E-state index contributed by atoms with van der Waals surface area (Å²) < 4.78 is 29.6. The Morgan fingerprint density at radius 1 is 1.14 bits per heavy atom. The number of nitrogens with zero attached hydrogens (tertiary/aromatic N) is 2. The van der Waals surface area contributed by atoms with Crippen molar-refractivity contribution in [3.8, 4) is 11.1 Å². The second-order valence-electron chi connectivity index (χ2n) is 6.40. The van der Waals surface area contributed by atoms with Crippen LogP contribution in [-0.4, -0.2) is 27.9 Å². The minimum absolute atomic E-state index is 0.298. The lowest BCUT2D eigenvalue weighted by atomic mass is 10.0. The first-order chi connectivity index (χ1) is 13.8. The molecule has 29 heavy (non-hydrogen) atoms. The highest BCUT2D eigenvalue weighted by molar-refractivity contribution is 7.92. The Balaban J connectivity index is 1.83. The van der Waals surface area contributed by atoms with E-state index in [1.54, 1.807) is 43.3 Å². The van der Waals surface area contributed by atoms with Crippen LogP contribution in [0, 0.1) is 5.82 Å². The molecule has 0 saturated carbocycles. The van der Waals surface area contributed by atoms with Gasteiger partial charge in [0.05, 0.1) is 26.7 Å². The highest BCUT2D eigenvalue weighted by Gasteiger charge is 2.12. The number of aromatic nitrogens is 1. The molecule has 0 radical (unpaired) electrons. The molecule has 150 valence electrons. The number of amides is 1. The Kier molecular flexibility index (Phi) is 5.93. The normalized spacial score (nSPS) is 12.8. The topological polar surface area (TPSA) is 97.4 Å². The number of anilines is 2. The number of rotatable bonds is 5. The average Bonchev–Trinajstić information content (AvgIpc) is 2.70. The molecule has 1 aromatic heterocycles. The van der Waals surface area contributed by atoms with E-state index in [0.29, 0.717) is 28.5 Å². The van der Waals surface area contributed by atoms with E-state index in [1.807, 2.05) is 0 Å². The summed E-state index contributed by atoms with van der Waals surface area (Å²) in [7, 11) is -2.57. The van der Waals surface area contributed by atoms with Gasteiger partial charge in [0, 0.05) is 19.0 Å². The predicted octanol–water partition coefficient (Wildman–Crippen LogP) is 4.20. The van der Waals surface area contributed by atoms with Crippen molar-refractivity contribution in [2.75, 3.05) is 23.9 Å². The van der Waals surface area contributed by atoms with Crippen LogP contribution >= 0.6 is 0 Å². The molecule has 6 nitrogen and oxygen atoms in total. The second-order valence-corrected chi connectivity index (χ2v) is 8.68. The SMILES string of the molecule is CCN=S(C)(=O)c1ccc(C(=O)Nc2cc(-c3ccc(F)cc3)ccc2N)cn1. The number of nitrogens with one attached hydrogen (secondary N) is 1. The Labute approximate surface area is 169 Å². The maximum atomic E-state index is 13.1. The van der Waals surface area contributed by atoms with Crippen LogP contribution in [0.25, 0.3) is 11.1 Å². The van der Waals surface area contributed by atoms with Crippen LogP contribution in [0.2, 0.25) is 0 Å². The quantitative estimate of drug-likeness (QED) is 0.614. The summed E-state index contributed by atoms with van der Waals surface area (Å²) in [5, 5.41) is 3.09. The molecule has 0 aliphatic carbocycles. The van der Waals surface area contributed by atoms with Gasteiger partial charge in [-0.3, -0.25) is 4.79 Å². The molecule has 1 amide bonds. The molecule has 0 fully saturated rings. The fourth-order valence-corrected chi connectivity index (χ4v) is 3.93. The van der Waals surface area contributed by atoms with Crippen LogP contribution in [0.15, 0.2) is 70.2 Å². The van der Waals surface area contributed by atoms with Crippen molar-refractivity contribution in [2.24, 2.45) is 4.36 Å². The summed E-state index contributed by atoms with van der Waals surface area (Å²) in [4.78, 5) is 16.7. The fourth-order valence-electron chi connectivity index (χ4n) is 2.73. The van der Waals surface area contributed by atoms with Crippen molar-refractivity contribution >= 4 is 27.0 Å². The van der Waals surface area contributed by atoms with Gasteiger partial charge in [-0.05, 0) is 54.4 Å². The zero-order valence-corrected chi connectivity index (χ0v) is 16.9. The largest absolute Gasteiger partial charge is 0.397 e. The number of pyridine rings is 1. The molecule has 0 bridgehead atoms. The summed E-state index contributed by atoms with van der Waals surface area (Å²) in [6.45, 7) is 2.22. The molecule has 0 spiro atoms. The smallest absolute Gasteiger partial charge is 0.257 e. The van der Waals surface area contributed by atoms with Crippen LogP contribution in [-0.2, 0) is 9.73 Å². The number of nitrogen functional groups attached to an aromatic ring is 1. The highest BCUT2D eigenvalue weighted by Crippen LogP contribution is 2.28. The molecule has 1 unspecified atom stereocenters. The summed E-state index contributed by atoms with van der Waals surface area (Å²) in [5.74, 6) is -0.724. The molecular formula is C21H21FN4O2S. The van der Waals surface area contributed by atoms with Gasteiger partial charge in [-0.25, -0.2) is 17.9 Å². The van der Waals surface area contributed by atoms with Crippen LogP contribution in [0.4, 0.5) is 15.8 Å². The first-order valence-corrected chi connectivity index (χ1v) is 10.8. The fraction of sp³-hybridized carbons (Fsp3) is 0.143. The molecule has 3 N–H and O–H groups in total. The van der Waals surface area contributed by atoms with Crippen LogP contribution < -0.4 is 11.1 Å². The zero-order valence-electron chi connectivity index (χ0n) is 16.1. The summed E-state index contributed by atoms with van der Waals surface area (Å²) in [5.41, 5.74) is 8.70. The van der Waals surface area contributed by atoms with Crippen molar-refractivity contribution in [1.29, 1.82) is 0 Å². The van der Waals surface area contributed by atoms with Crippen LogP contribution in [0.1, 0.15) is 17.3 Å². The van der Waals surface area contributed by atoms with Gasteiger partial charge in [0.1, 0.15) is 10.8 Å².